The Kier molecular flexibility index (Phi) is 11.9. The average molecular weight is 610 g/mol. The van der Waals surface area contributed by atoms with Gasteiger partial charge in [-0.25, -0.2) is 9.18 Å². The Hall–Kier alpha value is -3.76. The van der Waals surface area contributed by atoms with Crippen molar-refractivity contribution in [2.75, 3.05) is 38.3 Å². The summed E-state index contributed by atoms with van der Waals surface area (Å²) in [5, 5.41) is 10.6. The molecule has 0 spiro atoms. The first-order valence-electron chi connectivity index (χ1n) is 15.3. The van der Waals surface area contributed by atoms with E-state index in [2.05, 4.69) is 9.88 Å². The zero-order chi connectivity index (χ0) is 31.6. The van der Waals surface area contributed by atoms with Crippen molar-refractivity contribution in [2.24, 2.45) is 11.8 Å². The monoisotopic (exact) mass is 609 g/mol. The van der Waals surface area contributed by atoms with E-state index in [-0.39, 0.29) is 24.1 Å². The Morgan fingerprint density at radius 3 is 2.61 bits per heavy atom. The Labute approximate surface area is 259 Å². The summed E-state index contributed by atoms with van der Waals surface area (Å²) in [5.41, 5.74) is 3.08. The van der Waals surface area contributed by atoms with Gasteiger partial charge in [0.15, 0.2) is 0 Å². The van der Waals surface area contributed by atoms with Crippen molar-refractivity contribution < 1.29 is 33.3 Å². The number of hydrogen-bond acceptors (Lipinski definition) is 8. The van der Waals surface area contributed by atoms with E-state index < -0.39 is 30.4 Å². The second kappa shape index (κ2) is 15.8. The molecular formula is C34H44FN3O6. The number of ether oxygens (including phenoxy) is 3. The lowest BCUT2D eigenvalue weighted by Crippen LogP contribution is -2.36. The molecule has 1 fully saturated rings. The number of benzene rings is 1. The van der Waals surface area contributed by atoms with E-state index >= 15 is 0 Å². The molecule has 2 aliphatic heterocycles. The minimum atomic E-state index is -0.890. The number of hydrogen-bond donors (Lipinski definition) is 1. The molecule has 10 heteroatoms. The molecule has 0 aliphatic carbocycles. The third kappa shape index (κ3) is 9.62. The fourth-order valence-corrected chi connectivity index (χ4v) is 5.51. The molecule has 0 saturated carbocycles. The number of morpholine rings is 1. The number of carbonyl (C=O) groups excluding carboxylic acids is 2. The van der Waals surface area contributed by atoms with Gasteiger partial charge in [-0.15, -0.1) is 0 Å². The Morgan fingerprint density at radius 1 is 1.16 bits per heavy atom. The highest BCUT2D eigenvalue weighted by Gasteiger charge is 2.28. The number of cyclic esters (lactones) is 1. The Morgan fingerprint density at radius 2 is 1.89 bits per heavy atom. The third-order valence-electron chi connectivity index (χ3n) is 8.10. The standard InChI is InChI=1S/C34H44FN3O6/c1-23-5-7-30(39)21-32(40)44-33(25(3)17-27-18-28(35)20-29(19-27)38-13-15-42-16-14-38)24(2)6-8-31(23)43-34(41)37(4)22-26-9-11-36-12-10-26/h6,8-12,17-20,23-24,30-31,33,39H,5,7,13-16,21-22H2,1-4H3/b8-6+,25-17+/t23-,24-,30+,31-,33-/m0/s1. The molecule has 1 aromatic carbocycles. The SMILES string of the molecule is C/C(=C\c1cc(F)cc(N2CCOCC2)c1)[C@H]1OC(=O)C[C@H](O)CC[C@H](C)[C@@H](OC(=O)N(C)Cc2ccncc2)/C=C/[C@@H]1C. The van der Waals surface area contributed by atoms with E-state index in [1.165, 1.54) is 17.0 Å². The van der Waals surface area contributed by atoms with Crippen molar-refractivity contribution in [3.05, 3.63) is 77.4 Å². The van der Waals surface area contributed by atoms with E-state index in [9.17, 15) is 19.1 Å². The summed E-state index contributed by atoms with van der Waals surface area (Å²) < 4.78 is 31.9. The van der Waals surface area contributed by atoms with Crippen molar-refractivity contribution in [1.82, 2.24) is 9.88 Å². The highest BCUT2D eigenvalue weighted by Crippen LogP contribution is 2.27. The van der Waals surface area contributed by atoms with Gasteiger partial charge in [0.1, 0.15) is 18.0 Å². The van der Waals surface area contributed by atoms with Crippen molar-refractivity contribution >= 4 is 23.8 Å². The van der Waals surface area contributed by atoms with Crippen LogP contribution in [0.2, 0.25) is 0 Å². The minimum absolute atomic E-state index is 0.109. The molecule has 2 aromatic rings. The molecule has 4 rings (SSSR count). The number of nitrogens with zero attached hydrogens (tertiary/aromatic N) is 3. The highest BCUT2D eigenvalue weighted by atomic mass is 19.1. The molecule has 0 unspecified atom stereocenters. The molecule has 2 aliphatic rings. The van der Waals surface area contributed by atoms with Crippen LogP contribution in [-0.4, -0.2) is 78.7 Å². The summed E-state index contributed by atoms with van der Waals surface area (Å²) >= 11 is 0. The molecule has 5 atom stereocenters. The van der Waals surface area contributed by atoms with Gasteiger partial charge in [0.05, 0.1) is 25.7 Å². The van der Waals surface area contributed by atoms with Crippen molar-refractivity contribution in [2.45, 2.75) is 64.9 Å². The van der Waals surface area contributed by atoms with Crippen LogP contribution in [0.3, 0.4) is 0 Å². The van der Waals surface area contributed by atoms with Gasteiger partial charge in [-0.1, -0.05) is 26.0 Å². The maximum absolute atomic E-state index is 14.7. The number of aromatic nitrogens is 1. The molecule has 3 heterocycles. The van der Waals surface area contributed by atoms with Gasteiger partial charge in [0, 0.05) is 50.7 Å². The second-order valence-electron chi connectivity index (χ2n) is 11.9. The largest absolute Gasteiger partial charge is 0.457 e. The van der Waals surface area contributed by atoms with E-state index in [0.29, 0.717) is 51.3 Å². The van der Waals surface area contributed by atoms with Gasteiger partial charge in [-0.05, 0) is 78.8 Å². The maximum atomic E-state index is 14.7. The molecule has 1 saturated heterocycles. The lowest BCUT2D eigenvalue weighted by atomic mass is 9.91. The van der Waals surface area contributed by atoms with E-state index in [4.69, 9.17) is 14.2 Å². The molecular weight excluding hydrogens is 565 g/mol. The van der Waals surface area contributed by atoms with Crippen molar-refractivity contribution in [1.29, 1.82) is 0 Å². The predicted molar refractivity (Wildman–Crippen MR) is 166 cm³/mol. The second-order valence-corrected chi connectivity index (χ2v) is 11.9. The van der Waals surface area contributed by atoms with Crippen LogP contribution in [-0.2, 0) is 25.5 Å². The maximum Gasteiger partial charge on any atom is 0.410 e. The number of rotatable bonds is 6. The van der Waals surface area contributed by atoms with Gasteiger partial charge in [0.2, 0.25) is 0 Å². The average Bonchev–Trinajstić information content (AvgIpc) is 3.00. The van der Waals surface area contributed by atoms with Gasteiger partial charge >= 0.3 is 12.1 Å². The summed E-state index contributed by atoms with van der Waals surface area (Å²) in [5.74, 6) is -1.27. The Bertz CT molecular complexity index is 1310. The Balaban J connectivity index is 1.55. The third-order valence-corrected chi connectivity index (χ3v) is 8.10. The predicted octanol–water partition coefficient (Wildman–Crippen LogP) is 5.38. The first-order valence-corrected chi connectivity index (χ1v) is 15.3. The topological polar surface area (TPSA) is 101 Å². The zero-order valence-corrected chi connectivity index (χ0v) is 26.0. The number of pyridine rings is 1. The van der Waals surface area contributed by atoms with Crippen molar-refractivity contribution in [3.8, 4) is 0 Å². The molecule has 238 valence electrons. The van der Waals surface area contributed by atoms with Crippen LogP contribution >= 0.6 is 0 Å². The lowest BCUT2D eigenvalue weighted by molar-refractivity contribution is -0.151. The van der Waals surface area contributed by atoms with Crippen LogP contribution in [0.5, 0.6) is 0 Å². The van der Waals surface area contributed by atoms with Crippen LogP contribution in [0.15, 0.2) is 60.5 Å². The van der Waals surface area contributed by atoms with Crippen LogP contribution < -0.4 is 4.90 Å². The summed E-state index contributed by atoms with van der Waals surface area (Å²) in [7, 11) is 1.68. The highest BCUT2D eigenvalue weighted by molar-refractivity contribution is 5.71. The smallest absolute Gasteiger partial charge is 0.410 e. The van der Waals surface area contributed by atoms with Gasteiger partial charge in [-0.2, -0.15) is 0 Å². The molecule has 0 bridgehead atoms. The van der Waals surface area contributed by atoms with E-state index in [1.54, 1.807) is 19.4 Å². The fourth-order valence-electron chi connectivity index (χ4n) is 5.51. The van der Waals surface area contributed by atoms with Crippen LogP contribution in [0.25, 0.3) is 6.08 Å². The normalized spacial score (nSPS) is 26.1. The number of halogens is 1. The number of aliphatic hydroxyl groups excluding tert-OH is 1. The zero-order valence-electron chi connectivity index (χ0n) is 26.0. The quantitative estimate of drug-likeness (QED) is 0.344. The van der Waals surface area contributed by atoms with Crippen LogP contribution in [0, 0.1) is 17.7 Å². The number of carbonyl (C=O) groups is 2. The van der Waals surface area contributed by atoms with Gasteiger partial charge in [-0.3, -0.25) is 9.78 Å². The van der Waals surface area contributed by atoms with Gasteiger partial charge in [0.25, 0.3) is 0 Å². The summed E-state index contributed by atoms with van der Waals surface area (Å²) in [4.78, 5) is 33.5. The van der Waals surface area contributed by atoms with E-state index in [1.807, 2.05) is 57.2 Å². The molecule has 1 N–H and O–H groups in total. The first-order chi connectivity index (χ1) is 21.1. The number of anilines is 1. The molecule has 9 nitrogen and oxygen atoms in total. The first kappa shape index (κ1) is 33.1. The van der Waals surface area contributed by atoms with Crippen LogP contribution in [0.1, 0.15) is 51.2 Å². The molecule has 44 heavy (non-hydrogen) atoms. The fraction of sp³-hybridized carbons (Fsp3) is 0.500. The summed E-state index contributed by atoms with van der Waals surface area (Å²) in [6.07, 6.45) is 7.08. The van der Waals surface area contributed by atoms with E-state index in [0.717, 1.165) is 16.8 Å². The number of aliphatic hydroxyl groups is 1. The molecule has 1 amide bonds. The number of esters is 1. The molecule has 1 aromatic heterocycles. The minimum Gasteiger partial charge on any atom is -0.457 e. The lowest BCUT2D eigenvalue weighted by Gasteiger charge is -2.29. The summed E-state index contributed by atoms with van der Waals surface area (Å²) in [6.45, 7) is 8.63. The van der Waals surface area contributed by atoms with Crippen LogP contribution in [0.4, 0.5) is 14.9 Å². The number of amides is 1. The molecule has 0 radical (unpaired) electrons. The van der Waals surface area contributed by atoms with Gasteiger partial charge < -0.3 is 29.1 Å². The summed E-state index contributed by atoms with van der Waals surface area (Å²) in [6, 6.07) is 8.57. The van der Waals surface area contributed by atoms with Crippen molar-refractivity contribution in [3.63, 3.8) is 0 Å².